The Morgan fingerprint density at radius 2 is 2.00 bits per heavy atom. The van der Waals surface area contributed by atoms with Crippen molar-refractivity contribution in [3.8, 4) is 0 Å². The Morgan fingerprint density at radius 3 is 2.87 bits per heavy atom. The van der Waals surface area contributed by atoms with Crippen LogP contribution >= 0.6 is 0 Å². The average molecular weight is 204 g/mol. The molecule has 1 aliphatic rings. The highest BCUT2D eigenvalue weighted by atomic mass is 14.9. The molecular weight excluding hydrogens is 184 g/mol. The van der Waals surface area contributed by atoms with Gasteiger partial charge in [0.2, 0.25) is 0 Å². The van der Waals surface area contributed by atoms with Crippen LogP contribution in [0, 0.1) is 0 Å². The Morgan fingerprint density at radius 1 is 1.13 bits per heavy atom. The number of nitrogens with one attached hydrogen (secondary N) is 1. The molecule has 1 atom stereocenters. The Kier molecular flexibility index (Phi) is 3.62. The van der Waals surface area contributed by atoms with E-state index < -0.39 is 0 Å². The molecule has 0 aliphatic carbocycles. The zero-order valence-corrected chi connectivity index (χ0v) is 9.21. The van der Waals surface area contributed by atoms with E-state index in [0.717, 1.165) is 12.2 Å². The third-order valence-corrected chi connectivity index (χ3v) is 3.12. The van der Waals surface area contributed by atoms with E-state index in [2.05, 4.69) is 17.4 Å². The first-order chi connectivity index (χ1) is 7.36. The van der Waals surface area contributed by atoms with Crippen LogP contribution in [0.4, 0.5) is 5.69 Å². The normalized spacial score (nSPS) is 23.1. The van der Waals surface area contributed by atoms with Gasteiger partial charge in [0.1, 0.15) is 0 Å². The zero-order valence-electron chi connectivity index (χ0n) is 9.21. The molecule has 1 aromatic carbocycles. The summed E-state index contributed by atoms with van der Waals surface area (Å²) >= 11 is 0. The predicted molar refractivity (Wildman–Crippen MR) is 64.7 cm³/mol. The van der Waals surface area contributed by atoms with E-state index in [9.17, 15) is 0 Å². The van der Waals surface area contributed by atoms with E-state index >= 15 is 0 Å². The van der Waals surface area contributed by atoms with Gasteiger partial charge in [0.05, 0.1) is 0 Å². The maximum absolute atomic E-state index is 5.81. The molecule has 0 amide bonds. The fourth-order valence-corrected chi connectivity index (χ4v) is 2.27. The number of nitrogen functional groups attached to an aromatic ring is 1. The molecule has 1 aliphatic heterocycles. The minimum Gasteiger partial charge on any atom is -0.399 e. The molecule has 1 fully saturated rings. The summed E-state index contributed by atoms with van der Waals surface area (Å²) in [6.07, 6.45) is 6.62. The first-order valence-electron chi connectivity index (χ1n) is 5.95. The predicted octanol–water partition coefficient (Wildman–Crippen LogP) is 2.86. The van der Waals surface area contributed by atoms with Gasteiger partial charge >= 0.3 is 0 Å². The molecule has 1 heterocycles. The molecule has 2 heteroatoms. The highest BCUT2D eigenvalue weighted by Gasteiger charge is 2.12. The van der Waals surface area contributed by atoms with Crippen molar-refractivity contribution in [3.63, 3.8) is 0 Å². The van der Waals surface area contributed by atoms with Crippen molar-refractivity contribution in [2.75, 3.05) is 12.3 Å². The van der Waals surface area contributed by atoms with Gasteiger partial charge in [0, 0.05) is 11.7 Å². The van der Waals surface area contributed by atoms with E-state index in [0.29, 0.717) is 6.04 Å². The second-order valence-electron chi connectivity index (χ2n) is 4.38. The van der Waals surface area contributed by atoms with Crippen molar-refractivity contribution < 1.29 is 0 Å². The first-order valence-corrected chi connectivity index (χ1v) is 5.95. The van der Waals surface area contributed by atoms with Crippen molar-refractivity contribution in [2.45, 2.75) is 38.1 Å². The molecule has 0 spiro atoms. The summed E-state index contributed by atoms with van der Waals surface area (Å²) in [5, 5.41) is 3.61. The number of benzene rings is 1. The second-order valence-corrected chi connectivity index (χ2v) is 4.38. The number of hydrogen-bond acceptors (Lipinski definition) is 2. The van der Waals surface area contributed by atoms with Gasteiger partial charge in [-0.3, -0.25) is 0 Å². The summed E-state index contributed by atoms with van der Waals surface area (Å²) in [6.45, 7) is 1.14. The lowest BCUT2D eigenvalue weighted by molar-refractivity contribution is 0.427. The molecule has 15 heavy (non-hydrogen) atoms. The molecule has 1 saturated heterocycles. The molecule has 3 N–H and O–H groups in total. The third kappa shape index (κ3) is 2.96. The fourth-order valence-electron chi connectivity index (χ4n) is 2.27. The van der Waals surface area contributed by atoms with Gasteiger partial charge in [-0.2, -0.15) is 0 Å². The van der Waals surface area contributed by atoms with Crippen LogP contribution in [0.25, 0.3) is 0 Å². The van der Waals surface area contributed by atoms with Crippen LogP contribution in [0.5, 0.6) is 0 Å². The maximum Gasteiger partial charge on any atom is 0.0321 e. The van der Waals surface area contributed by atoms with Crippen molar-refractivity contribution in [1.29, 1.82) is 0 Å². The monoisotopic (exact) mass is 204 g/mol. The van der Waals surface area contributed by atoms with Crippen LogP contribution in [0.3, 0.4) is 0 Å². The topological polar surface area (TPSA) is 38.0 Å². The number of anilines is 1. The Labute approximate surface area is 91.9 Å². The molecule has 0 aromatic heterocycles. The van der Waals surface area contributed by atoms with E-state index in [-0.39, 0.29) is 0 Å². The molecule has 0 radical (unpaired) electrons. The summed E-state index contributed by atoms with van der Waals surface area (Å²) in [4.78, 5) is 0. The summed E-state index contributed by atoms with van der Waals surface area (Å²) in [5.41, 5.74) is 8.02. The van der Waals surface area contributed by atoms with Crippen LogP contribution in [-0.2, 0) is 0 Å². The summed E-state index contributed by atoms with van der Waals surface area (Å²) in [7, 11) is 0. The SMILES string of the molecule is Nc1cccc(C2CCCCCCN2)c1. The molecule has 0 bridgehead atoms. The van der Waals surface area contributed by atoms with E-state index in [1.807, 2.05) is 12.1 Å². The van der Waals surface area contributed by atoms with Gasteiger partial charge in [-0.15, -0.1) is 0 Å². The lowest BCUT2D eigenvalue weighted by Gasteiger charge is -2.22. The van der Waals surface area contributed by atoms with Crippen molar-refractivity contribution in [3.05, 3.63) is 29.8 Å². The number of hydrogen-bond donors (Lipinski definition) is 2. The summed E-state index contributed by atoms with van der Waals surface area (Å²) in [5.74, 6) is 0. The molecule has 0 saturated carbocycles. The zero-order chi connectivity index (χ0) is 10.5. The van der Waals surface area contributed by atoms with Gasteiger partial charge in [0.15, 0.2) is 0 Å². The quantitative estimate of drug-likeness (QED) is 0.690. The molecule has 2 rings (SSSR count). The molecule has 1 unspecified atom stereocenters. The Bertz CT molecular complexity index is 301. The van der Waals surface area contributed by atoms with Gasteiger partial charge in [-0.1, -0.05) is 31.4 Å². The lowest BCUT2D eigenvalue weighted by Crippen LogP contribution is -2.24. The minimum atomic E-state index is 0.508. The standard InChI is InChI=1S/C13H20N2/c14-12-7-5-6-11(10-12)13-8-3-1-2-4-9-15-13/h5-7,10,13,15H,1-4,8-9,14H2. The van der Waals surface area contributed by atoms with Gasteiger partial charge in [-0.05, 0) is 37.1 Å². The first kappa shape index (κ1) is 10.5. The highest BCUT2D eigenvalue weighted by Crippen LogP contribution is 2.23. The van der Waals surface area contributed by atoms with Crippen LogP contribution in [0.1, 0.15) is 43.7 Å². The van der Waals surface area contributed by atoms with Gasteiger partial charge in [0.25, 0.3) is 0 Å². The Balaban J connectivity index is 2.06. The third-order valence-electron chi connectivity index (χ3n) is 3.12. The second kappa shape index (κ2) is 5.17. The molecule has 82 valence electrons. The van der Waals surface area contributed by atoms with Gasteiger partial charge in [-0.25, -0.2) is 0 Å². The van der Waals surface area contributed by atoms with Crippen LogP contribution in [-0.4, -0.2) is 6.54 Å². The number of nitrogens with two attached hydrogens (primary N) is 1. The number of rotatable bonds is 1. The Hall–Kier alpha value is -1.02. The van der Waals surface area contributed by atoms with E-state index in [4.69, 9.17) is 5.73 Å². The molecular formula is C13H20N2. The van der Waals surface area contributed by atoms with E-state index in [1.165, 1.54) is 37.7 Å². The van der Waals surface area contributed by atoms with Crippen LogP contribution in [0.15, 0.2) is 24.3 Å². The fraction of sp³-hybridized carbons (Fsp3) is 0.538. The van der Waals surface area contributed by atoms with Gasteiger partial charge < -0.3 is 11.1 Å². The molecule has 2 nitrogen and oxygen atoms in total. The summed E-state index contributed by atoms with van der Waals surface area (Å²) in [6, 6.07) is 8.78. The average Bonchev–Trinajstić information content (AvgIpc) is 2.16. The summed E-state index contributed by atoms with van der Waals surface area (Å²) < 4.78 is 0. The highest BCUT2D eigenvalue weighted by molar-refractivity contribution is 5.41. The largest absolute Gasteiger partial charge is 0.399 e. The van der Waals surface area contributed by atoms with E-state index in [1.54, 1.807) is 0 Å². The maximum atomic E-state index is 5.81. The lowest BCUT2D eigenvalue weighted by atomic mass is 9.97. The minimum absolute atomic E-state index is 0.508. The van der Waals surface area contributed by atoms with Crippen molar-refractivity contribution >= 4 is 5.69 Å². The van der Waals surface area contributed by atoms with Crippen molar-refractivity contribution in [1.82, 2.24) is 5.32 Å². The van der Waals surface area contributed by atoms with Crippen LogP contribution < -0.4 is 11.1 Å². The smallest absolute Gasteiger partial charge is 0.0321 e. The van der Waals surface area contributed by atoms with Crippen molar-refractivity contribution in [2.24, 2.45) is 0 Å². The van der Waals surface area contributed by atoms with Crippen LogP contribution in [0.2, 0.25) is 0 Å². The molecule has 1 aromatic rings.